The number of nitrogens with one attached hydrogen (secondary N) is 1. The summed E-state index contributed by atoms with van der Waals surface area (Å²) in [5.41, 5.74) is 3.24. The molecule has 0 saturated carbocycles. The fourth-order valence-electron chi connectivity index (χ4n) is 2.69. The van der Waals surface area contributed by atoms with Crippen LogP contribution in [-0.4, -0.2) is 33.2 Å². The zero-order chi connectivity index (χ0) is 17.8. The first-order valence-corrected chi connectivity index (χ1v) is 8.25. The number of amides is 1. The number of carbonyl (C=O) groups excluding carboxylic acids is 1. The van der Waals surface area contributed by atoms with E-state index in [1.165, 1.54) is 0 Å². The Morgan fingerprint density at radius 2 is 2.08 bits per heavy atom. The fraction of sp³-hybridized carbons (Fsp3) is 0.250. The van der Waals surface area contributed by atoms with E-state index in [4.69, 9.17) is 9.47 Å². The first-order chi connectivity index (χ1) is 12.1. The second-order valence-electron chi connectivity index (χ2n) is 5.85. The van der Waals surface area contributed by atoms with Gasteiger partial charge in [0, 0.05) is 25.2 Å². The van der Waals surface area contributed by atoms with Crippen LogP contribution in [0, 0.1) is 0 Å². The number of nitrogens with zero attached hydrogens (tertiary/aromatic N) is 1. The van der Waals surface area contributed by atoms with Gasteiger partial charge in [0.05, 0.1) is 24.1 Å². The molecule has 1 amide bonds. The molecule has 1 N–H and O–H groups in total. The summed E-state index contributed by atoms with van der Waals surface area (Å²) in [4.78, 5) is 14.7. The summed E-state index contributed by atoms with van der Waals surface area (Å²) < 4.78 is 10.9. The number of ether oxygens (including phenoxy) is 2. The third-order valence-electron chi connectivity index (χ3n) is 4.26. The van der Waals surface area contributed by atoms with Crippen molar-refractivity contribution in [3.63, 3.8) is 0 Å². The van der Waals surface area contributed by atoms with E-state index in [1.807, 2.05) is 55.6 Å². The zero-order valence-corrected chi connectivity index (χ0v) is 14.7. The van der Waals surface area contributed by atoms with Gasteiger partial charge in [0.15, 0.2) is 0 Å². The lowest BCUT2D eigenvalue weighted by molar-refractivity contribution is -0.113. The van der Waals surface area contributed by atoms with Crippen LogP contribution in [0.1, 0.15) is 12.5 Å². The van der Waals surface area contributed by atoms with Crippen LogP contribution in [0.5, 0.6) is 11.5 Å². The van der Waals surface area contributed by atoms with Crippen LogP contribution >= 0.6 is 0 Å². The number of rotatable bonds is 5. The fourth-order valence-corrected chi connectivity index (χ4v) is 2.69. The minimum atomic E-state index is -0.154. The van der Waals surface area contributed by atoms with Crippen LogP contribution in [0.25, 0.3) is 6.08 Å². The van der Waals surface area contributed by atoms with Gasteiger partial charge in [0.1, 0.15) is 18.1 Å². The molecule has 5 nitrogen and oxygen atoms in total. The maximum absolute atomic E-state index is 12.7. The van der Waals surface area contributed by atoms with Crippen molar-refractivity contribution in [1.82, 2.24) is 0 Å². The molecule has 0 radical (unpaired) electrons. The number of hydrogen-bond donors (Lipinski definition) is 1. The molecule has 3 rings (SSSR count). The van der Waals surface area contributed by atoms with E-state index in [0.29, 0.717) is 5.57 Å². The van der Waals surface area contributed by atoms with Gasteiger partial charge < -0.3 is 19.7 Å². The van der Waals surface area contributed by atoms with Gasteiger partial charge in [-0.25, -0.2) is 0 Å². The van der Waals surface area contributed by atoms with Gasteiger partial charge in [-0.3, -0.25) is 4.79 Å². The van der Waals surface area contributed by atoms with Crippen LogP contribution in [0.3, 0.4) is 0 Å². The van der Waals surface area contributed by atoms with Crippen LogP contribution in [0.4, 0.5) is 11.4 Å². The molecule has 0 bridgehead atoms. The van der Waals surface area contributed by atoms with Crippen molar-refractivity contribution in [2.75, 3.05) is 37.5 Å². The number of hydrogen-bond acceptors (Lipinski definition) is 4. The number of carbonyl (C=O) groups is 1. The highest BCUT2D eigenvalue weighted by Gasteiger charge is 2.19. The van der Waals surface area contributed by atoms with E-state index in [2.05, 4.69) is 17.1 Å². The predicted molar refractivity (Wildman–Crippen MR) is 100 cm³/mol. The first-order valence-electron chi connectivity index (χ1n) is 8.25. The Hall–Kier alpha value is -2.95. The van der Waals surface area contributed by atoms with E-state index in [-0.39, 0.29) is 12.5 Å². The van der Waals surface area contributed by atoms with Crippen molar-refractivity contribution >= 4 is 23.4 Å². The van der Waals surface area contributed by atoms with E-state index in [1.54, 1.807) is 7.11 Å². The SMILES string of the molecule is CCN(C)c1ccccc1NC(=O)C1=Cc2ccc(OC)cc2OC1. The molecule has 1 aliphatic rings. The summed E-state index contributed by atoms with van der Waals surface area (Å²) in [6, 6.07) is 13.3. The molecule has 0 aliphatic carbocycles. The highest BCUT2D eigenvalue weighted by molar-refractivity contribution is 6.08. The molecule has 1 aliphatic heterocycles. The Labute approximate surface area is 147 Å². The molecule has 130 valence electrons. The molecule has 1 heterocycles. The number of anilines is 2. The summed E-state index contributed by atoms with van der Waals surface area (Å²) in [6.07, 6.45) is 1.86. The lowest BCUT2D eigenvalue weighted by Gasteiger charge is -2.22. The molecular weight excluding hydrogens is 316 g/mol. The van der Waals surface area contributed by atoms with E-state index < -0.39 is 0 Å². The molecule has 0 saturated heterocycles. The Balaban J connectivity index is 1.82. The summed E-state index contributed by atoms with van der Waals surface area (Å²) in [5, 5.41) is 3.00. The minimum Gasteiger partial charge on any atom is -0.497 e. The second kappa shape index (κ2) is 7.30. The normalized spacial score (nSPS) is 12.5. The summed E-state index contributed by atoms with van der Waals surface area (Å²) in [6.45, 7) is 3.16. The zero-order valence-electron chi connectivity index (χ0n) is 14.7. The highest BCUT2D eigenvalue weighted by atomic mass is 16.5. The number of para-hydroxylation sites is 2. The number of methoxy groups -OCH3 is 1. The van der Waals surface area contributed by atoms with Crippen LogP contribution in [-0.2, 0) is 4.79 Å². The monoisotopic (exact) mass is 338 g/mol. The molecule has 25 heavy (non-hydrogen) atoms. The molecule has 0 spiro atoms. The summed E-state index contributed by atoms with van der Waals surface area (Å²) in [5.74, 6) is 1.30. The van der Waals surface area contributed by atoms with Gasteiger partial charge in [-0.2, -0.15) is 0 Å². The highest BCUT2D eigenvalue weighted by Crippen LogP contribution is 2.31. The molecule has 0 unspecified atom stereocenters. The van der Waals surface area contributed by atoms with Crippen LogP contribution in [0.2, 0.25) is 0 Å². The molecule has 0 atom stereocenters. The van der Waals surface area contributed by atoms with E-state index in [9.17, 15) is 4.79 Å². The lowest BCUT2D eigenvalue weighted by atomic mass is 10.1. The summed E-state index contributed by atoms with van der Waals surface area (Å²) >= 11 is 0. The summed E-state index contributed by atoms with van der Waals surface area (Å²) in [7, 11) is 3.61. The van der Waals surface area contributed by atoms with Gasteiger partial charge in [-0.05, 0) is 37.3 Å². The van der Waals surface area contributed by atoms with Gasteiger partial charge >= 0.3 is 0 Å². The van der Waals surface area contributed by atoms with Crippen LogP contribution < -0.4 is 19.7 Å². The predicted octanol–water partition coefficient (Wildman–Crippen LogP) is 3.57. The van der Waals surface area contributed by atoms with Crippen LogP contribution in [0.15, 0.2) is 48.0 Å². The van der Waals surface area contributed by atoms with Crippen molar-refractivity contribution in [2.45, 2.75) is 6.92 Å². The van der Waals surface area contributed by atoms with Crippen molar-refractivity contribution in [2.24, 2.45) is 0 Å². The van der Waals surface area contributed by atoms with Gasteiger partial charge in [0.2, 0.25) is 0 Å². The largest absolute Gasteiger partial charge is 0.497 e. The number of fused-ring (bicyclic) bond motifs is 1. The average Bonchev–Trinajstić information content (AvgIpc) is 2.66. The quantitative estimate of drug-likeness (QED) is 0.905. The Bertz CT molecular complexity index is 814. The van der Waals surface area contributed by atoms with Crippen molar-refractivity contribution in [3.8, 4) is 11.5 Å². The van der Waals surface area contributed by atoms with Gasteiger partial charge in [-0.15, -0.1) is 0 Å². The third-order valence-corrected chi connectivity index (χ3v) is 4.26. The van der Waals surface area contributed by atoms with Gasteiger partial charge in [0.25, 0.3) is 5.91 Å². The maximum Gasteiger partial charge on any atom is 0.255 e. The lowest BCUT2D eigenvalue weighted by Crippen LogP contribution is -2.23. The second-order valence-corrected chi connectivity index (χ2v) is 5.85. The average molecular weight is 338 g/mol. The minimum absolute atomic E-state index is 0.154. The Morgan fingerprint density at radius 1 is 1.28 bits per heavy atom. The van der Waals surface area contributed by atoms with Crippen molar-refractivity contribution in [3.05, 3.63) is 53.6 Å². The maximum atomic E-state index is 12.7. The number of benzene rings is 2. The van der Waals surface area contributed by atoms with Crippen molar-refractivity contribution < 1.29 is 14.3 Å². The topological polar surface area (TPSA) is 50.8 Å². The standard InChI is InChI=1S/C20H22N2O3/c1-4-22(2)18-8-6-5-7-17(18)21-20(23)15-11-14-9-10-16(24-3)12-19(14)25-13-15/h5-12H,4,13H2,1-3H3,(H,21,23). The molecule has 0 fully saturated rings. The first kappa shape index (κ1) is 16.9. The molecule has 2 aromatic carbocycles. The third kappa shape index (κ3) is 3.60. The van der Waals surface area contributed by atoms with E-state index >= 15 is 0 Å². The molecule has 0 aromatic heterocycles. The Kier molecular flexibility index (Phi) is 4.93. The van der Waals surface area contributed by atoms with E-state index in [0.717, 1.165) is 35.0 Å². The Morgan fingerprint density at radius 3 is 2.84 bits per heavy atom. The molecule has 5 heteroatoms. The smallest absolute Gasteiger partial charge is 0.255 e. The molecular formula is C20H22N2O3. The molecule has 2 aromatic rings. The van der Waals surface area contributed by atoms with Crippen molar-refractivity contribution in [1.29, 1.82) is 0 Å². The van der Waals surface area contributed by atoms with Gasteiger partial charge in [-0.1, -0.05) is 12.1 Å².